The zero-order valence-electron chi connectivity index (χ0n) is 26.7. The van der Waals surface area contributed by atoms with Crippen molar-refractivity contribution in [1.82, 2.24) is 34.5 Å². The van der Waals surface area contributed by atoms with Crippen LogP contribution in [0, 0.1) is 5.41 Å². The third-order valence-electron chi connectivity index (χ3n) is 9.01. The first-order valence-corrected chi connectivity index (χ1v) is 16.1. The summed E-state index contributed by atoms with van der Waals surface area (Å²) >= 11 is 6.52. The van der Waals surface area contributed by atoms with Crippen molar-refractivity contribution in [1.29, 1.82) is 0 Å². The van der Waals surface area contributed by atoms with Crippen molar-refractivity contribution in [2.45, 2.75) is 71.4 Å². The number of halogens is 1. The second-order valence-corrected chi connectivity index (χ2v) is 13.8. The van der Waals surface area contributed by atoms with Crippen LogP contribution in [-0.2, 0) is 14.3 Å². The van der Waals surface area contributed by atoms with Gasteiger partial charge in [-0.25, -0.2) is 14.8 Å². The van der Waals surface area contributed by atoms with Crippen LogP contribution in [0.5, 0.6) is 0 Å². The third kappa shape index (κ3) is 6.64. The summed E-state index contributed by atoms with van der Waals surface area (Å²) < 4.78 is 7.41. The second-order valence-electron chi connectivity index (χ2n) is 13.4. The molecule has 1 unspecified atom stereocenters. The zero-order chi connectivity index (χ0) is 32.6. The summed E-state index contributed by atoms with van der Waals surface area (Å²) in [5, 5.41) is 8.15. The maximum absolute atomic E-state index is 13.7. The molecular formula is C32H40ClN9O4. The van der Waals surface area contributed by atoms with Crippen molar-refractivity contribution in [3.63, 3.8) is 0 Å². The van der Waals surface area contributed by atoms with Gasteiger partial charge in [-0.3, -0.25) is 19.3 Å². The van der Waals surface area contributed by atoms with Gasteiger partial charge in [0.05, 0.1) is 58.3 Å². The van der Waals surface area contributed by atoms with Crippen LogP contribution in [0.15, 0.2) is 37.1 Å². The van der Waals surface area contributed by atoms with Crippen LogP contribution in [0.3, 0.4) is 0 Å². The zero-order valence-corrected chi connectivity index (χ0v) is 27.5. The van der Waals surface area contributed by atoms with E-state index in [1.165, 1.54) is 6.20 Å². The Morgan fingerprint density at radius 1 is 1.04 bits per heavy atom. The summed E-state index contributed by atoms with van der Waals surface area (Å²) in [5.41, 5.74) is 1.53. The largest absolute Gasteiger partial charge is 0.444 e. The van der Waals surface area contributed by atoms with Crippen LogP contribution in [0.4, 0.5) is 22.1 Å². The van der Waals surface area contributed by atoms with Gasteiger partial charge in [0.1, 0.15) is 5.60 Å². The predicted molar refractivity (Wildman–Crippen MR) is 173 cm³/mol. The van der Waals surface area contributed by atoms with Gasteiger partial charge in [0, 0.05) is 51.4 Å². The summed E-state index contributed by atoms with van der Waals surface area (Å²) in [6.45, 7) is 10.1. The van der Waals surface area contributed by atoms with E-state index >= 15 is 0 Å². The van der Waals surface area contributed by atoms with Gasteiger partial charge in [0.25, 0.3) is 0 Å². The van der Waals surface area contributed by atoms with Crippen molar-refractivity contribution in [3.8, 4) is 11.3 Å². The lowest BCUT2D eigenvalue weighted by atomic mass is 9.77. The van der Waals surface area contributed by atoms with Crippen molar-refractivity contribution in [2.24, 2.45) is 5.41 Å². The first-order chi connectivity index (χ1) is 21.9. The van der Waals surface area contributed by atoms with Crippen LogP contribution in [0.1, 0.15) is 65.8 Å². The quantitative estimate of drug-likeness (QED) is 0.401. The van der Waals surface area contributed by atoms with E-state index in [9.17, 15) is 14.4 Å². The lowest BCUT2D eigenvalue weighted by Gasteiger charge is -2.38. The highest BCUT2D eigenvalue weighted by molar-refractivity contribution is 6.32. The van der Waals surface area contributed by atoms with E-state index in [1.807, 2.05) is 42.6 Å². The highest BCUT2D eigenvalue weighted by Crippen LogP contribution is 2.43. The number of piperidine rings is 2. The van der Waals surface area contributed by atoms with E-state index in [0.29, 0.717) is 67.1 Å². The molecule has 244 valence electrons. The molecule has 14 heteroatoms. The van der Waals surface area contributed by atoms with Gasteiger partial charge in [0.2, 0.25) is 17.8 Å². The topological polar surface area (TPSA) is 139 Å². The molecule has 46 heavy (non-hydrogen) atoms. The fourth-order valence-corrected chi connectivity index (χ4v) is 6.69. The van der Waals surface area contributed by atoms with E-state index in [1.54, 1.807) is 35.3 Å². The third-order valence-corrected chi connectivity index (χ3v) is 9.29. The number of hydrogen-bond donors (Lipinski definition) is 1. The lowest BCUT2D eigenvalue weighted by Crippen LogP contribution is -2.48. The molecule has 1 spiro atoms. The van der Waals surface area contributed by atoms with Crippen molar-refractivity contribution < 1.29 is 19.1 Å². The molecule has 3 aliphatic heterocycles. The minimum absolute atomic E-state index is 0.0571. The SMILES string of the molecule is CC(=O)N1CCCC(n2cc(-c3nc(Nc4cncc(N5CCC6(CCN(C(=O)OC(C)(C)C)CC6)C5=O)c4)ncc3Cl)cn2)C1. The Labute approximate surface area is 273 Å². The fraction of sp³-hybridized carbons (Fsp3) is 0.531. The van der Waals surface area contributed by atoms with Crippen molar-refractivity contribution in [3.05, 3.63) is 42.1 Å². The summed E-state index contributed by atoms with van der Waals surface area (Å²) in [5.74, 6) is 0.450. The average Bonchev–Trinajstić information content (AvgIpc) is 3.63. The minimum Gasteiger partial charge on any atom is -0.444 e. The average molecular weight is 650 g/mol. The molecule has 0 saturated carbocycles. The Morgan fingerprint density at radius 2 is 1.80 bits per heavy atom. The first-order valence-electron chi connectivity index (χ1n) is 15.8. The Kier molecular flexibility index (Phi) is 8.62. The Morgan fingerprint density at radius 3 is 2.54 bits per heavy atom. The molecule has 0 aliphatic carbocycles. The molecule has 3 fully saturated rings. The van der Waals surface area contributed by atoms with Crippen LogP contribution < -0.4 is 10.2 Å². The summed E-state index contributed by atoms with van der Waals surface area (Å²) in [7, 11) is 0. The summed E-state index contributed by atoms with van der Waals surface area (Å²) in [6, 6.07) is 1.95. The van der Waals surface area contributed by atoms with Gasteiger partial charge in [-0.2, -0.15) is 5.10 Å². The number of hydrogen-bond acceptors (Lipinski definition) is 9. The molecule has 0 aromatic carbocycles. The van der Waals surface area contributed by atoms with Crippen LogP contribution in [0.2, 0.25) is 5.02 Å². The van der Waals surface area contributed by atoms with Gasteiger partial charge in [-0.05, 0) is 58.9 Å². The number of amides is 3. The number of rotatable bonds is 5. The van der Waals surface area contributed by atoms with Crippen LogP contribution >= 0.6 is 11.6 Å². The molecule has 6 rings (SSSR count). The number of aromatic nitrogens is 5. The smallest absolute Gasteiger partial charge is 0.410 e. The Bertz CT molecular complexity index is 1630. The van der Waals surface area contributed by atoms with Gasteiger partial charge in [-0.1, -0.05) is 11.6 Å². The standard InChI is InChI=1S/C32H40ClN9O4/c1-21(43)40-10-5-6-24(20-40)42-19-22(15-36-42)27-26(33)18-35-29(38-27)37-23-14-25(17-34-16-23)41-13-9-32(28(41)44)7-11-39(12-8-32)30(45)46-31(2,3)4/h14-19,24H,5-13,20H2,1-4H3,(H,35,37,38). The minimum atomic E-state index is -0.560. The second kappa shape index (κ2) is 12.5. The van der Waals surface area contributed by atoms with Gasteiger partial charge in [-0.15, -0.1) is 0 Å². The van der Waals surface area contributed by atoms with E-state index in [0.717, 1.165) is 31.4 Å². The molecule has 0 radical (unpaired) electrons. The number of carbonyl (C=O) groups excluding carboxylic acids is 3. The molecule has 1 N–H and O–H groups in total. The predicted octanol–water partition coefficient (Wildman–Crippen LogP) is 5.07. The van der Waals surface area contributed by atoms with E-state index in [-0.39, 0.29) is 23.9 Å². The molecule has 3 aliphatic rings. The number of likely N-dealkylation sites (tertiary alicyclic amines) is 2. The number of ether oxygens (including phenoxy) is 1. The molecule has 3 saturated heterocycles. The maximum Gasteiger partial charge on any atom is 0.410 e. The Hall–Kier alpha value is -4.26. The van der Waals surface area contributed by atoms with E-state index in [2.05, 4.69) is 25.4 Å². The molecule has 3 aromatic rings. The van der Waals surface area contributed by atoms with Gasteiger partial charge in [0.15, 0.2) is 0 Å². The number of carbonyl (C=O) groups is 3. The molecule has 6 heterocycles. The molecule has 1 atom stereocenters. The van der Waals surface area contributed by atoms with Crippen molar-refractivity contribution in [2.75, 3.05) is 42.9 Å². The number of pyridine rings is 1. The highest BCUT2D eigenvalue weighted by Gasteiger charge is 2.49. The normalized spacial score (nSPS) is 19.9. The van der Waals surface area contributed by atoms with Crippen LogP contribution in [0.25, 0.3) is 11.3 Å². The number of nitrogens with zero attached hydrogens (tertiary/aromatic N) is 8. The van der Waals surface area contributed by atoms with Gasteiger partial charge >= 0.3 is 6.09 Å². The maximum atomic E-state index is 13.7. The monoisotopic (exact) mass is 649 g/mol. The van der Waals surface area contributed by atoms with Crippen molar-refractivity contribution >= 4 is 46.8 Å². The number of anilines is 3. The molecule has 0 bridgehead atoms. The molecule has 3 amide bonds. The van der Waals surface area contributed by atoms with Crippen LogP contribution in [-0.4, -0.2) is 90.8 Å². The van der Waals surface area contributed by atoms with Gasteiger partial charge < -0.3 is 24.8 Å². The van der Waals surface area contributed by atoms with E-state index < -0.39 is 11.0 Å². The first kappa shape index (κ1) is 31.7. The lowest BCUT2D eigenvalue weighted by molar-refractivity contribution is -0.130. The summed E-state index contributed by atoms with van der Waals surface area (Å²) in [6.07, 6.45) is 11.9. The molecular weight excluding hydrogens is 610 g/mol. The number of nitrogens with one attached hydrogen (secondary N) is 1. The summed E-state index contributed by atoms with van der Waals surface area (Å²) in [4.78, 5) is 56.9. The fourth-order valence-electron chi connectivity index (χ4n) is 6.49. The molecule has 13 nitrogen and oxygen atoms in total. The van der Waals surface area contributed by atoms with E-state index in [4.69, 9.17) is 16.3 Å². The Balaban J connectivity index is 1.12. The highest BCUT2D eigenvalue weighted by atomic mass is 35.5. The molecule has 3 aromatic heterocycles.